The number of para-hydroxylation sites is 3. The number of fused-ring (bicyclic) bond motifs is 12. The van der Waals surface area contributed by atoms with Gasteiger partial charge in [0.2, 0.25) is 0 Å². The van der Waals surface area contributed by atoms with Gasteiger partial charge in [0.05, 0.1) is 33.5 Å². The van der Waals surface area contributed by atoms with E-state index in [9.17, 15) is 10.0 Å². The number of nitrogens with zero attached hydrogens (tertiary/aromatic N) is 3. The van der Waals surface area contributed by atoms with Gasteiger partial charge in [-0.3, -0.25) is 0 Å². The van der Waals surface area contributed by atoms with Crippen LogP contribution in [0.2, 0.25) is 0 Å². The highest BCUT2D eigenvalue weighted by molar-refractivity contribution is 9.10. The Morgan fingerprint density at radius 3 is 1.22 bits per heavy atom. The number of nitrogens with one attached hydrogen (secondary N) is 1. The van der Waals surface area contributed by atoms with Crippen LogP contribution in [0.25, 0.3) is 155 Å². The van der Waals surface area contributed by atoms with Crippen molar-refractivity contribution in [2.45, 2.75) is 36.1 Å². The van der Waals surface area contributed by atoms with Crippen LogP contribution >= 0.6 is 31.9 Å². The largest absolute Gasteiger partial charge is 0.488 e. The topological polar surface area (TPSA) is 79.0 Å². The highest BCUT2D eigenvalue weighted by Crippen LogP contribution is 2.41. The first kappa shape index (κ1) is 75.0. The second-order valence-corrected chi connectivity index (χ2v) is 28.2. The van der Waals surface area contributed by atoms with Crippen LogP contribution in [-0.4, -0.2) is 36.3 Å². The Labute approximate surface area is 656 Å². The minimum atomic E-state index is -1.48. The molecule has 532 valence electrons. The second kappa shape index (κ2) is 33.3. The standard InChI is InChI=1S/C36H24N2.C24H18BNO2.C23H16BrN.C13H9Br.4CH4/c1-2-8-24(9-3-1)25-14-18-28(19-15-25)38-35-13-7-5-11-30(35)32-23-27(17-21-36(32)38)26-16-20-34-31(22-26)29-10-4-6-12-33(29)37-34;27-25(28)19-12-15-24-22(16-19)21-8-4-5-9-23(21)26(24)20-13-10-18(11-14-20)17-6-2-1-3-7-17;24-21-13-11-19(12-14-21)23-16-20(17-7-3-1-4-8-17)15-22(25-23)18-9-5-2-6-10-18;14-11-6-5-10-7-9-3-1-2-4-12(9)13(10)8-11;;;;/h1-23,37H;1-16,27-28H;1-16H;1-6,8H,7H2;4*1H4. The number of hydrogen-bond acceptors (Lipinski definition) is 3. The lowest BCUT2D eigenvalue weighted by Gasteiger charge is -2.10. The monoisotopic (exact) mass is 1540 g/mol. The smallest absolute Gasteiger partial charge is 0.423 e. The summed E-state index contributed by atoms with van der Waals surface area (Å²) in [5, 5.41) is 26.3. The molecule has 19 aromatic rings. The summed E-state index contributed by atoms with van der Waals surface area (Å²) >= 11 is 7.02. The molecule has 0 amide bonds. The zero-order valence-electron chi connectivity index (χ0n) is 57.1. The summed E-state index contributed by atoms with van der Waals surface area (Å²) in [7, 11) is -1.48. The van der Waals surface area contributed by atoms with Crippen LogP contribution < -0.4 is 5.46 Å². The third-order valence-corrected chi connectivity index (χ3v) is 20.9. The molecule has 3 N–H and O–H groups in total. The van der Waals surface area contributed by atoms with Gasteiger partial charge in [-0.15, -0.1) is 0 Å². The molecule has 0 fully saturated rings. The lowest BCUT2D eigenvalue weighted by molar-refractivity contribution is 0.426. The molecular formula is C100H83BBr2N4O2. The minimum absolute atomic E-state index is 0. The van der Waals surface area contributed by atoms with Gasteiger partial charge in [0.25, 0.3) is 0 Å². The van der Waals surface area contributed by atoms with Gasteiger partial charge in [0.15, 0.2) is 0 Å². The van der Waals surface area contributed by atoms with Crippen molar-refractivity contribution in [1.82, 2.24) is 19.1 Å². The molecule has 0 bridgehead atoms. The van der Waals surface area contributed by atoms with Gasteiger partial charge in [-0.1, -0.05) is 328 Å². The molecule has 109 heavy (non-hydrogen) atoms. The number of pyridine rings is 1. The predicted octanol–water partition coefficient (Wildman–Crippen LogP) is 27.3. The predicted molar refractivity (Wildman–Crippen MR) is 475 cm³/mol. The summed E-state index contributed by atoms with van der Waals surface area (Å²) in [6, 6.07) is 131. The number of H-pyrrole nitrogens is 1. The molecule has 1 aliphatic carbocycles. The molecule has 0 saturated heterocycles. The molecule has 0 atom stereocenters. The molecule has 20 rings (SSSR count). The molecule has 15 aromatic carbocycles. The van der Waals surface area contributed by atoms with Crippen LogP contribution in [-0.2, 0) is 6.42 Å². The van der Waals surface area contributed by atoms with Crippen molar-refractivity contribution in [3.63, 3.8) is 0 Å². The zero-order chi connectivity index (χ0) is 70.7. The third kappa shape index (κ3) is 15.4. The highest BCUT2D eigenvalue weighted by atomic mass is 79.9. The average molecular weight is 1540 g/mol. The molecule has 0 saturated carbocycles. The third-order valence-electron chi connectivity index (χ3n) is 19.9. The number of halogens is 2. The second-order valence-electron chi connectivity index (χ2n) is 26.3. The summed E-state index contributed by atoms with van der Waals surface area (Å²) in [6.45, 7) is 0. The van der Waals surface area contributed by atoms with E-state index in [1.165, 1.54) is 116 Å². The normalized spacial score (nSPS) is 11.0. The van der Waals surface area contributed by atoms with E-state index >= 15 is 0 Å². The van der Waals surface area contributed by atoms with Gasteiger partial charge < -0.3 is 24.2 Å². The maximum atomic E-state index is 9.57. The molecule has 4 aromatic heterocycles. The molecular weight excluding hydrogens is 1460 g/mol. The van der Waals surface area contributed by atoms with Gasteiger partial charge >= 0.3 is 7.12 Å². The summed E-state index contributed by atoms with van der Waals surface area (Å²) < 4.78 is 6.82. The van der Waals surface area contributed by atoms with Crippen molar-refractivity contribution in [3.05, 3.63) is 396 Å². The van der Waals surface area contributed by atoms with Gasteiger partial charge in [0.1, 0.15) is 0 Å². The van der Waals surface area contributed by atoms with Gasteiger partial charge in [-0.05, 0) is 188 Å². The van der Waals surface area contributed by atoms with Crippen LogP contribution in [0.4, 0.5) is 0 Å². The fraction of sp³-hybridized carbons (Fsp3) is 0.0500. The van der Waals surface area contributed by atoms with Crippen molar-refractivity contribution < 1.29 is 10.0 Å². The number of rotatable bonds is 9. The number of hydrogen-bond donors (Lipinski definition) is 3. The van der Waals surface area contributed by atoms with Crippen LogP contribution in [0, 0.1) is 0 Å². The number of aromatic amines is 1. The molecule has 1 aliphatic rings. The van der Waals surface area contributed by atoms with Crippen molar-refractivity contribution in [3.8, 4) is 89.5 Å². The Kier molecular flexibility index (Phi) is 22.9. The molecule has 9 heteroatoms. The Balaban J connectivity index is 0.000000132. The zero-order valence-corrected chi connectivity index (χ0v) is 60.2. The van der Waals surface area contributed by atoms with E-state index in [-0.39, 0.29) is 29.7 Å². The molecule has 0 radical (unpaired) electrons. The van der Waals surface area contributed by atoms with Gasteiger partial charge in [-0.2, -0.15) is 0 Å². The molecule has 0 aliphatic heterocycles. The summed E-state index contributed by atoms with van der Waals surface area (Å²) in [6.07, 6.45) is 1.08. The molecule has 0 spiro atoms. The average Bonchev–Trinajstić information content (AvgIpc) is 1.59. The van der Waals surface area contributed by atoms with Gasteiger partial charge in [0, 0.05) is 74.8 Å². The number of benzene rings is 15. The molecule has 0 unspecified atom stereocenters. The first-order chi connectivity index (χ1) is 51.7. The van der Waals surface area contributed by atoms with Crippen molar-refractivity contribution >= 4 is 110 Å². The molecule has 4 heterocycles. The SMILES string of the molecule is Brc1ccc(-c2cc(-c3ccccc3)cc(-c3ccccc3)n2)cc1.Brc1ccc2c(c1)-c1ccccc1C2.C.C.C.C.OB(O)c1ccc2c(c1)c1ccccc1n2-c1ccc(-c2ccccc2)cc1.c1ccc(-c2ccc(-n3c4ccccc4c4cc(-c5ccc6[nH]c7ccccc7c6c5)ccc43)cc2)cc1. The maximum absolute atomic E-state index is 9.57. The molecule has 6 nitrogen and oxygen atoms in total. The van der Waals surface area contributed by atoms with Crippen LogP contribution in [0.5, 0.6) is 0 Å². The Hall–Kier alpha value is -12.2. The lowest BCUT2D eigenvalue weighted by atomic mass is 9.80. The van der Waals surface area contributed by atoms with Crippen LogP contribution in [0.15, 0.2) is 385 Å². The maximum Gasteiger partial charge on any atom is 0.488 e. The Morgan fingerprint density at radius 2 is 0.661 bits per heavy atom. The quantitative estimate of drug-likeness (QED) is 0.126. The highest BCUT2D eigenvalue weighted by Gasteiger charge is 2.20. The number of aromatic nitrogens is 4. The first-order valence-electron chi connectivity index (χ1n) is 35.2. The van der Waals surface area contributed by atoms with Crippen LogP contribution in [0.1, 0.15) is 40.8 Å². The van der Waals surface area contributed by atoms with E-state index in [1.807, 2.05) is 78.9 Å². The van der Waals surface area contributed by atoms with E-state index in [0.717, 1.165) is 65.4 Å². The Morgan fingerprint density at radius 1 is 0.275 bits per heavy atom. The van der Waals surface area contributed by atoms with Crippen LogP contribution in [0.3, 0.4) is 0 Å². The Bertz CT molecular complexity index is 6280. The van der Waals surface area contributed by atoms with E-state index in [0.29, 0.717) is 5.46 Å². The van der Waals surface area contributed by atoms with E-state index in [4.69, 9.17) is 4.98 Å². The fourth-order valence-corrected chi connectivity index (χ4v) is 15.3. The summed E-state index contributed by atoms with van der Waals surface area (Å²) in [4.78, 5) is 8.46. The summed E-state index contributed by atoms with van der Waals surface area (Å²) in [5.74, 6) is 0. The van der Waals surface area contributed by atoms with E-state index < -0.39 is 7.12 Å². The van der Waals surface area contributed by atoms with E-state index in [1.54, 1.807) is 6.07 Å². The van der Waals surface area contributed by atoms with E-state index in [2.05, 4.69) is 337 Å². The summed E-state index contributed by atoms with van der Waals surface area (Å²) in [5.41, 5.74) is 29.2. The first-order valence-corrected chi connectivity index (χ1v) is 36.8. The van der Waals surface area contributed by atoms with Crippen molar-refractivity contribution in [2.24, 2.45) is 0 Å². The fourth-order valence-electron chi connectivity index (χ4n) is 14.7. The van der Waals surface area contributed by atoms with Crippen molar-refractivity contribution in [1.29, 1.82) is 0 Å². The van der Waals surface area contributed by atoms with Crippen molar-refractivity contribution in [2.75, 3.05) is 0 Å². The lowest BCUT2D eigenvalue weighted by Crippen LogP contribution is -2.29. The van der Waals surface area contributed by atoms with Gasteiger partial charge in [-0.25, -0.2) is 4.98 Å². The minimum Gasteiger partial charge on any atom is -0.423 e.